The zero-order chi connectivity index (χ0) is 21.4. The average Bonchev–Trinajstić information content (AvgIpc) is 3.20. The predicted molar refractivity (Wildman–Crippen MR) is 120 cm³/mol. The summed E-state index contributed by atoms with van der Waals surface area (Å²) in [6, 6.07) is 15.6. The van der Waals surface area contributed by atoms with E-state index < -0.39 is 6.10 Å². The summed E-state index contributed by atoms with van der Waals surface area (Å²) in [4.78, 5) is 35.8. The Bertz CT molecular complexity index is 1090. The molecule has 1 atom stereocenters. The molecule has 31 heavy (non-hydrogen) atoms. The smallest absolute Gasteiger partial charge is 0.265 e. The van der Waals surface area contributed by atoms with Crippen LogP contribution in [0.25, 0.3) is 10.2 Å². The van der Waals surface area contributed by atoms with Gasteiger partial charge in [0.1, 0.15) is 10.8 Å². The van der Waals surface area contributed by atoms with Crippen LogP contribution in [-0.4, -0.2) is 65.4 Å². The lowest BCUT2D eigenvalue weighted by atomic mass is 10.1. The Morgan fingerprint density at radius 1 is 1.06 bits per heavy atom. The normalized spacial score (nSPS) is 19.2. The van der Waals surface area contributed by atoms with Gasteiger partial charge in [-0.2, -0.15) is 0 Å². The summed E-state index contributed by atoms with van der Waals surface area (Å²) < 4.78 is 7.18. The number of para-hydroxylation sites is 3. The molecule has 2 aromatic carbocycles. The second-order valence-corrected chi connectivity index (χ2v) is 9.00. The number of nitrogens with zero attached hydrogens (tertiary/aromatic N) is 4. The lowest BCUT2D eigenvalue weighted by Gasteiger charge is -2.39. The minimum atomic E-state index is -0.672. The first-order valence-electron chi connectivity index (χ1n) is 10.5. The van der Waals surface area contributed by atoms with Crippen LogP contribution >= 0.6 is 11.3 Å². The van der Waals surface area contributed by atoms with E-state index in [-0.39, 0.29) is 18.4 Å². The van der Waals surface area contributed by atoms with Crippen LogP contribution in [0.5, 0.6) is 5.75 Å². The van der Waals surface area contributed by atoms with Crippen molar-refractivity contribution in [2.24, 2.45) is 0 Å². The minimum Gasteiger partial charge on any atom is -0.476 e. The van der Waals surface area contributed by atoms with Gasteiger partial charge in [0.15, 0.2) is 6.10 Å². The predicted octanol–water partition coefficient (Wildman–Crippen LogP) is 2.75. The SMILES string of the molecule is CC(=O)N1CC(C(=O)N2CCN(Cc3nc4ccccc4s3)CC2)Oc2ccccc21. The number of hydrogen-bond acceptors (Lipinski definition) is 6. The van der Waals surface area contributed by atoms with Crippen LogP contribution in [0.2, 0.25) is 0 Å². The van der Waals surface area contributed by atoms with Crippen molar-refractivity contribution in [3.05, 3.63) is 53.5 Å². The number of anilines is 1. The largest absolute Gasteiger partial charge is 0.476 e. The Balaban J connectivity index is 1.21. The highest BCUT2D eigenvalue weighted by atomic mass is 32.1. The van der Waals surface area contributed by atoms with Gasteiger partial charge in [-0.25, -0.2) is 4.98 Å². The van der Waals surface area contributed by atoms with E-state index in [0.29, 0.717) is 18.8 Å². The van der Waals surface area contributed by atoms with Crippen LogP contribution in [0.3, 0.4) is 0 Å². The summed E-state index contributed by atoms with van der Waals surface area (Å²) in [7, 11) is 0. The minimum absolute atomic E-state index is 0.0552. The third kappa shape index (κ3) is 4.00. The second-order valence-electron chi connectivity index (χ2n) is 7.88. The number of thiazole rings is 1. The first-order chi connectivity index (χ1) is 15.1. The molecule has 0 saturated carbocycles. The van der Waals surface area contributed by atoms with E-state index in [0.717, 1.165) is 35.8 Å². The monoisotopic (exact) mass is 436 g/mol. The van der Waals surface area contributed by atoms with Crippen LogP contribution in [-0.2, 0) is 16.1 Å². The van der Waals surface area contributed by atoms with Gasteiger partial charge >= 0.3 is 0 Å². The molecular weight excluding hydrogens is 412 g/mol. The van der Waals surface area contributed by atoms with Crippen LogP contribution < -0.4 is 9.64 Å². The van der Waals surface area contributed by atoms with Crippen molar-refractivity contribution >= 4 is 39.1 Å². The fraction of sp³-hybridized carbons (Fsp3) is 0.348. The molecule has 0 N–H and O–H groups in total. The number of carbonyl (C=O) groups excluding carboxylic acids is 2. The molecule has 2 aliphatic heterocycles. The maximum Gasteiger partial charge on any atom is 0.265 e. The molecular formula is C23H24N4O3S. The number of carbonyl (C=O) groups is 2. The topological polar surface area (TPSA) is 66.0 Å². The standard InChI is InChI=1S/C23H24N4O3S/c1-16(28)27-14-20(30-19-8-4-3-7-18(19)27)23(29)26-12-10-25(11-13-26)15-22-24-17-6-2-5-9-21(17)31-22/h2-9,20H,10-15H2,1H3. The van der Waals surface area contributed by atoms with Gasteiger partial charge in [-0.15, -0.1) is 11.3 Å². The van der Waals surface area contributed by atoms with Crippen molar-refractivity contribution in [3.63, 3.8) is 0 Å². The Labute approximate surface area is 184 Å². The highest BCUT2D eigenvalue weighted by Gasteiger charge is 2.36. The van der Waals surface area contributed by atoms with Crippen LogP contribution in [0.1, 0.15) is 11.9 Å². The molecule has 0 radical (unpaired) electrons. The molecule has 0 bridgehead atoms. The summed E-state index contributed by atoms with van der Waals surface area (Å²) in [5, 5.41) is 1.10. The van der Waals surface area contributed by atoms with Crippen LogP contribution in [0, 0.1) is 0 Å². The summed E-state index contributed by atoms with van der Waals surface area (Å²) in [5.74, 6) is 0.436. The van der Waals surface area contributed by atoms with Gasteiger partial charge in [-0.05, 0) is 24.3 Å². The molecule has 5 rings (SSSR count). The molecule has 1 fully saturated rings. The van der Waals surface area contributed by atoms with Gasteiger partial charge in [-0.1, -0.05) is 24.3 Å². The highest BCUT2D eigenvalue weighted by Crippen LogP contribution is 2.33. The maximum atomic E-state index is 13.1. The Hall–Kier alpha value is -2.97. The maximum absolute atomic E-state index is 13.1. The Morgan fingerprint density at radius 3 is 2.58 bits per heavy atom. The van der Waals surface area contributed by atoms with Crippen molar-refractivity contribution in [3.8, 4) is 5.75 Å². The molecule has 2 amide bonds. The number of fused-ring (bicyclic) bond motifs is 2. The third-order valence-electron chi connectivity index (χ3n) is 5.81. The summed E-state index contributed by atoms with van der Waals surface area (Å²) >= 11 is 1.73. The molecule has 0 aliphatic carbocycles. The van der Waals surface area contributed by atoms with E-state index in [9.17, 15) is 9.59 Å². The quantitative estimate of drug-likeness (QED) is 0.632. The molecule has 0 spiro atoms. The zero-order valence-electron chi connectivity index (χ0n) is 17.4. The molecule has 160 valence electrons. The van der Waals surface area contributed by atoms with E-state index >= 15 is 0 Å². The van der Waals surface area contributed by atoms with Crippen molar-refractivity contribution in [2.45, 2.75) is 19.6 Å². The number of aromatic nitrogens is 1. The van der Waals surface area contributed by atoms with E-state index in [2.05, 4.69) is 11.0 Å². The Kier molecular flexibility index (Phi) is 5.33. The lowest BCUT2D eigenvalue weighted by molar-refractivity contribution is -0.140. The van der Waals surface area contributed by atoms with Crippen LogP contribution in [0.4, 0.5) is 5.69 Å². The molecule has 2 aliphatic rings. The van der Waals surface area contributed by atoms with Crippen molar-refractivity contribution in [1.29, 1.82) is 0 Å². The number of benzene rings is 2. The molecule has 3 heterocycles. The van der Waals surface area contributed by atoms with Gasteiger partial charge in [0.25, 0.3) is 5.91 Å². The summed E-state index contributed by atoms with van der Waals surface area (Å²) in [5.41, 5.74) is 1.76. The van der Waals surface area contributed by atoms with Crippen molar-refractivity contribution in [1.82, 2.24) is 14.8 Å². The van der Waals surface area contributed by atoms with Gasteiger partial charge in [0, 0.05) is 33.1 Å². The van der Waals surface area contributed by atoms with Gasteiger partial charge in [0.05, 0.1) is 29.0 Å². The van der Waals surface area contributed by atoms with E-state index in [1.807, 2.05) is 41.3 Å². The van der Waals surface area contributed by atoms with Crippen LogP contribution in [0.15, 0.2) is 48.5 Å². The van der Waals surface area contributed by atoms with Crippen molar-refractivity contribution < 1.29 is 14.3 Å². The van der Waals surface area contributed by atoms with E-state index in [1.54, 1.807) is 22.3 Å². The van der Waals surface area contributed by atoms with Gasteiger partial charge < -0.3 is 14.5 Å². The number of ether oxygens (including phenoxy) is 1. The van der Waals surface area contributed by atoms with Gasteiger partial charge in [-0.3, -0.25) is 14.5 Å². The fourth-order valence-corrected chi connectivity index (χ4v) is 5.18. The Morgan fingerprint density at radius 2 is 1.81 bits per heavy atom. The first kappa shape index (κ1) is 20.0. The summed E-state index contributed by atoms with van der Waals surface area (Å²) in [6.07, 6.45) is -0.672. The molecule has 1 aromatic heterocycles. The fourth-order valence-electron chi connectivity index (χ4n) is 4.17. The van der Waals surface area contributed by atoms with Crippen molar-refractivity contribution in [2.75, 3.05) is 37.6 Å². The number of hydrogen-bond donors (Lipinski definition) is 0. The zero-order valence-corrected chi connectivity index (χ0v) is 18.2. The number of rotatable bonds is 3. The van der Waals surface area contributed by atoms with Gasteiger partial charge in [0.2, 0.25) is 5.91 Å². The first-order valence-corrected chi connectivity index (χ1v) is 11.3. The highest BCUT2D eigenvalue weighted by molar-refractivity contribution is 7.18. The number of amides is 2. The molecule has 8 heteroatoms. The summed E-state index contributed by atoms with van der Waals surface area (Å²) in [6.45, 7) is 5.44. The van der Waals surface area contributed by atoms with E-state index in [1.165, 1.54) is 11.6 Å². The lowest BCUT2D eigenvalue weighted by Crippen LogP contribution is -2.56. The number of piperazine rings is 1. The molecule has 1 saturated heterocycles. The third-order valence-corrected chi connectivity index (χ3v) is 6.83. The average molecular weight is 437 g/mol. The molecule has 7 nitrogen and oxygen atoms in total. The molecule has 3 aromatic rings. The molecule has 1 unspecified atom stereocenters. The second kappa shape index (κ2) is 8.28. The van der Waals surface area contributed by atoms with E-state index in [4.69, 9.17) is 9.72 Å².